The second-order valence-corrected chi connectivity index (χ2v) is 8.71. The number of nitrogens with zero attached hydrogens (tertiary/aromatic N) is 2. The van der Waals surface area contributed by atoms with E-state index >= 15 is 0 Å². The molecule has 1 aromatic heterocycles. The smallest absolute Gasteiger partial charge is 0.268 e. The molecule has 0 saturated carbocycles. The summed E-state index contributed by atoms with van der Waals surface area (Å²) in [6, 6.07) is 0. The molecule has 1 aromatic rings. The van der Waals surface area contributed by atoms with Crippen molar-refractivity contribution in [2.75, 3.05) is 37.4 Å². The molecular formula is C15H23N3O3S2. The summed E-state index contributed by atoms with van der Waals surface area (Å²) in [4.78, 5) is 31.7. The third-order valence-corrected chi connectivity index (χ3v) is 5.35. The van der Waals surface area contributed by atoms with E-state index in [2.05, 4.69) is 10.3 Å². The van der Waals surface area contributed by atoms with Crippen LogP contribution in [0.1, 0.15) is 37.4 Å². The number of nitrogens with one attached hydrogen (secondary N) is 1. The minimum Gasteiger partial charge on any atom is -0.378 e. The fourth-order valence-corrected chi connectivity index (χ4v) is 3.88. The van der Waals surface area contributed by atoms with Crippen molar-refractivity contribution in [1.29, 1.82) is 0 Å². The zero-order valence-corrected chi connectivity index (χ0v) is 15.6. The number of ether oxygens (including phenoxy) is 1. The second kappa shape index (κ2) is 7.63. The Morgan fingerprint density at radius 3 is 2.57 bits per heavy atom. The van der Waals surface area contributed by atoms with Gasteiger partial charge < -0.3 is 15.0 Å². The first-order valence-corrected chi connectivity index (χ1v) is 9.45. The number of aromatic nitrogens is 1. The van der Waals surface area contributed by atoms with Gasteiger partial charge in [-0.25, -0.2) is 4.98 Å². The molecule has 2 rings (SSSR count). The molecule has 1 aliphatic rings. The van der Waals surface area contributed by atoms with Crippen LogP contribution in [0.2, 0.25) is 0 Å². The lowest BCUT2D eigenvalue weighted by Crippen LogP contribution is -2.40. The highest BCUT2D eigenvalue weighted by molar-refractivity contribution is 8.01. The number of morpholine rings is 1. The van der Waals surface area contributed by atoms with Gasteiger partial charge in [-0.05, 0) is 5.75 Å². The fourth-order valence-electron chi connectivity index (χ4n) is 1.92. The standard InChI is InChI=1S/C15H23N3O3S2/c1-5-22-14-17-11(16-13(20)15(2,3)4)10(23-14)12(19)18-6-8-21-9-7-18/h5-9H2,1-4H3,(H,16,20). The summed E-state index contributed by atoms with van der Waals surface area (Å²) < 4.78 is 6.09. The molecule has 0 unspecified atom stereocenters. The number of carbonyl (C=O) groups excluding carboxylic acids is 2. The van der Waals surface area contributed by atoms with Crippen molar-refractivity contribution in [3.05, 3.63) is 4.88 Å². The van der Waals surface area contributed by atoms with Gasteiger partial charge in [0, 0.05) is 18.5 Å². The van der Waals surface area contributed by atoms with Crippen LogP contribution in [-0.2, 0) is 9.53 Å². The van der Waals surface area contributed by atoms with E-state index < -0.39 is 5.41 Å². The maximum Gasteiger partial charge on any atom is 0.268 e. The first-order chi connectivity index (χ1) is 10.8. The molecule has 23 heavy (non-hydrogen) atoms. The molecule has 6 nitrogen and oxygen atoms in total. The monoisotopic (exact) mass is 357 g/mol. The van der Waals surface area contributed by atoms with Crippen LogP contribution >= 0.6 is 23.1 Å². The van der Waals surface area contributed by atoms with Crippen molar-refractivity contribution in [2.45, 2.75) is 32.0 Å². The predicted octanol–water partition coefficient (Wildman–Crippen LogP) is 2.71. The van der Waals surface area contributed by atoms with Gasteiger partial charge in [-0.3, -0.25) is 9.59 Å². The van der Waals surface area contributed by atoms with Crippen molar-refractivity contribution in [1.82, 2.24) is 9.88 Å². The Bertz CT molecular complexity index is 575. The van der Waals surface area contributed by atoms with Crippen LogP contribution in [0, 0.1) is 5.41 Å². The van der Waals surface area contributed by atoms with Gasteiger partial charge in [-0.2, -0.15) is 0 Å². The molecular weight excluding hydrogens is 334 g/mol. The molecule has 128 valence electrons. The van der Waals surface area contributed by atoms with E-state index in [0.717, 1.165) is 10.1 Å². The Morgan fingerprint density at radius 1 is 1.35 bits per heavy atom. The molecule has 1 aliphatic heterocycles. The first kappa shape index (κ1) is 18.2. The summed E-state index contributed by atoms with van der Waals surface area (Å²) in [6.45, 7) is 9.76. The Hall–Kier alpha value is -1.12. The van der Waals surface area contributed by atoms with Gasteiger partial charge in [0.25, 0.3) is 5.91 Å². The fraction of sp³-hybridized carbons (Fsp3) is 0.667. The highest BCUT2D eigenvalue weighted by Crippen LogP contribution is 2.32. The maximum atomic E-state index is 12.7. The zero-order chi connectivity index (χ0) is 17.0. The number of carbonyl (C=O) groups is 2. The minimum atomic E-state index is -0.541. The molecule has 0 atom stereocenters. The van der Waals surface area contributed by atoms with E-state index in [0.29, 0.717) is 37.0 Å². The largest absolute Gasteiger partial charge is 0.378 e. The Morgan fingerprint density at radius 2 is 2.00 bits per heavy atom. The van der Waals surface area contributed by atoms with Crippen LogP contribution in [0.25, 0.3) is 0 Å². The normalized spacial score (nSPS) is 15.6. The molecule has 0 radical (unpaired) electrons. The Labute approximate surface area is 145 Å². The van der Waals surface area contributed by atoms with E-state index in [4.69, 9.17) is 4.74 Å². The number of hydrogen-bond donors (Lipinski definition) is 1. The summed E-state index contributed by atoms with van der Waals surface area (Å²) in [5.41, 5.74) is -0.541. The van der Waals surface area contributed by atoms with Gasteiger partial charge in [0.2, 0.25) is 5.91 Å². The summed E-state index contributed by atoms with van der Waals surface area (Å²) in [5, 5.41) is 2.82. The van der Waals surface area contributed by atoms with Crippen molar-refractivity contribution < 1.29 is 14.3 Å². The molecule has 0 spiro atoms. The highest BCUT2D eigenvalue weighted by Gasteiger charge is 2.28. The lowest BCUT2D eigenvalue weighted by atomic mass is 9.96. The molecule has 0 aromatic carbocycles. The maximum absolute atomic E-state index is 12.7. The van der Waals surface area contributed by atoms with Crippen LogP contribution in [0.4, 0.5) is 5.82 Å². The third-order valence-electron chi connectivity index (χ3n) is 3.28. The molecule has 2 heterocycles. The van der Waals surface area contributed by atoms with Crippen LogP contribution in [0.5, 0.6) is 0 Å². The average molecular weight is 358 g/mol. The second-order valence-electron chi connectivity index (χ2n) is 6.20. The Kier molecular flexibility index (Phi) is 6.05. The quantitative estimate of drug-likeness (QED) is 0.839. The van der Waals surface area contributed by atoms with E-state index in [1.807, 2.05) is 27.7 Å². The summed E-state index contributed by atoms with van der Waals surface area (Å²) in [7, 11) is 0. The predicted molar refractivity (Wildman–Crippen MR) is 93.3 cm³/mol. The topological polar surface area (TPSA) is 71.5 Å². The molecule has 1 saturated heterocycles. The molecule has 2 amide bonds. The van der Waals surface area contributed by atoms with E-state index in [9.17, 15) is 9.59 Å². The minimum absolute atomic E-state index is 0.0852. The lowest BCUT2D eigenvalue weighted by molar-refractivity contribution is -0.123. The Balaban J connectivity index is 2.25. The van der Waals surface area contributed by atoms with Crippen LogP contribution in [0.15, 0.2) is 4.34 Å². The zero-order valence-electron chi connectivity index (χ0n) is 14.0. The van der Waals surface area contributed by atoms with Crippen molar-refractivity contribution in [2.24, 2.45) is 5.41 Å². The van der Waals surface area contributed by atoms with Crippen LogP contribution in [-0.4, -0.2) is 53.8 Å². The molecule has 0 bridgehead atoms. The van der Waals surface area contributed by atoms with Crippen LogP contribution < -0.4 is 5.32 Å². The van der Waals surface area contributed by atoms with Gasteiger partial charge >= 0.3 is 0 Å². The van der Waals surface area contributed by atoms with Crippen molar-refractivity contribution >= 4 is 40.7 Å². The van der Waals surface area contributed by atoms with E-state index in [1.165, 1.54) is 11.3 Å². The van der Waals surface area contributed by atoms with E-state index in [1.54, 1.807) is 16.7 Å². The molecule has 1 fully saturated rings. The molecule has 1 N–H and O–H groups in total. The van der Waals surface area contributed by atoms with E-state index in [-0.39, 0.29) is 11.8 Å². The van der Waals surface area contributed by atoms with Gasteiger partial charge in [0.05, 0.1) is 13.2 Å². The van der Waals surface area contributed by atoms with Gasteiger partial charge in [0.1, 0.15) is 4.88 Å². The number of rotatable bonds is 4. The molecule has 0 aliphatic carbocycles. The number of anilines is 1. The number of amides is 2. The highest BCUT2D eigenvalue weighted by atomic mass is 32.2. The molecule has 8 heteroatoms. The van der Waals surface area contributed by atoms with Gasteiger partial charge in [-0.15, -0.1) is 11.3 Å². The lowest BCUT2D eigenvalue weighted by Gasteiger charge is -2.26. The van der Waals surface area contributed by atoms with Gasteiger partial charge in [0.15, 0.2) is 10.2 Å². The first-order valence-electron chi connectivity index (χ1n) is 7.65. The summed E-state index contributed by atoms with van der Waals surface area (Å²) in [5.74, 6) is 1.01. The summed E-state index contributed by atoms with van der Waals surface area (Å²) >= 11 is 2.91. The van der Waals surface area contributed by atoms with Crippen LogP contribution in [0.3, 0.4) is 0 Å². The van der Waals surface area contributed by atoms with Crippen molar-refractivity contribution in [3.8, 4) is 0 Å². The SMILES string of the molecule is CCSc1nc(NC(=O)C(C)(C)C)c(C(=O)N2CCOCC2)s1. The third kappa shape index (κ3) is 4.68. The number of thiazole rings is 1. The summed E-state index contributed by atoms with van der Waals surface area (Å²) in [6.07, 6.45) is 0. The average Bonchev–Trinajstić information content (AvgIpc) is 2.89. The number of hydrogen-bond acceptors (Lipinski definition) is 6. The van der Waals surface area contributed by atoms with Crippen molar-refractivity contribution in [3.63, 3.8) is 0 Å². The van der Waals surface area contributed by atoms with Gasteiger partial charge in [-0.1, -0.05) is 39.5 Å². The number of thioether (sulfide) groups is 1.